The van der Waals surface area contributed by atoms with Crippen molar-refractivity contribution in [1.29, 1.82) is 0 Å². The average molecular weight is 131 g/mol. The predicted molar refractivity (Wildman–Crippen MR) is 32.3 cm³/mol. The standard InChI is InChI=1S/C3H5N3OS/c4-3-5-1-2-8(3)6-7/h1-2,7H,(H2,4,5). The normalized spacial score (nSPS) is 26.6. The van der Waals surface area contributed by atoms with Gasteiger partial charge in [-0.15, -0.1) is 4.53 Å². The molecule has 0 aliphatic carbocycles. The molecule has 1 unspecified atom stereocenters. The Kier molecular flexibility index (Phi) is 1.40. The van der Waals surface area contributed by atoms with Crippen molar-refractivity contribution < 1.29 is 5.21 Å². The van der Waals surface area contributed by atoms with Crippen LogP contribution in [0.15, 0.2) is 21.1 Å². The van der Waals surface area contributed by atoms with Crippen LogP contribution in [-0.4, -0.2) is 10.4 Å². The second-order valence-corrected chi connectivity index (χ2v) is 2.63. The fourth-order valence-electron chi connectivity index (χ4n) is 0.354. The van der Waals surface area contributed by atoms with Crippen LogP contribution in [-0.2, 0) is 10.7 Å². The van der Waals surface area contributed by atoms with Gasteiger partial charge in [-0.2, -0.15) is 0 Å². The SMILES string of the molecule is NC1=NC=CS1=NO. The minimum atomic E-state index is -0.651. The lowest BCUT2D eigenvalue weighted by molar-refractivity contribution is 0.329. The second kappa shape index (κ2) is 2.06. The van der Waals surface area contributed by atoms with Crippen molar-refractivity contribution in [2.24, 2.45) is 15.3 Å². The minimum Gasteiger partial charge on any atom is -0.377 e. The lowest BCUT2D eigenvalue weighted by Crippen LogP contribution is -2.12. The van der Waals surface area contributed by atoms with Crippen LogP contribution in [0.4, 0.5) is 0 Å². The van der Waals surface area contributed by atoms with Crippen LogP contribution in [0.3, 0.4) is 0 Å². The molecule has 0 bridgehead atoms. The van der Waals surface area contributed by atoms with Gasteiger partial charge < -0.3 is 5.73 Å². The first-order chi connectivity index (χ1) is 3.84. The Hall–Kier alpha value is -0.680. The van der Waals surface area contributed by atoms with Crippen molar-refractivity contribution in [1.82, 2.24) is 0 Å². The molecule has 8 heavy (non-hydrogen) atoms. The van der Waals surface area contributed by atoms with E-state index < -0.39 is 10.7 Å². The van der Waals surface area contributed by atoms with Crippen molar-refractivity contribution in [3.63, 3.8) is 0 Å². The Morgan fingerprint density at radius 1 is 1.88 bits per heavy atom. The van der Waals surface area contributed by atoms with Gasteiger partial charge in [0.1, 0.15) is 0 Å². The topological polar surface area (TPSA) is 71.0 Å². The smallest absolute Gasteiger partial charge is 0.176 e. The highest BCUT2D eigenvalue weighted by Gasteiger charge is 2.01. The van der Waals surface area contributed by atoms with Gasteiger partial charge in [-0.05, 0) is 0 Å². The number of rotatable bonds is 0. The number of hydrogen-bond acceptors (Lipinski definition) is 3. The summed E-state index contributed by atoms with van der Waals surface area (Å²) in [6.07, 6.45) is 1.53. The number of amidine groups is 1. The largest absolute Gasteiger partial charge is 0.377 e. The van der Waals surface area contributed by atoms with E-state index in [0.717, 1.165) is 0 Å². The summed E-state index contributed by atoms with van der Waals surface area (Å²) in [6, 6.07) is 0. The highest BCUT2D eigenvalue weighted by Crippen LogP contribution is 1.98. The van der Waals surface area contributed by atoms with E-state index in [9.17, 15) is 0 Å². The summed E-state index contributed by atoms with van der Waals surface area (Å²) in [5.41, 5.74) is 5.24. The summed E-state index contributed by atoms with van der Waals surface area (Å²) in [6.45, 7) is 0. The number of hydrogen-bond donors (Lipinski definition) is 2. The van der Waals surface area contributed by atoms with Gasteiger partial charge in [0, 0.05) is 22.3 Å². The van der Waals surface area contributed by atoms with Gasteiger partial charge in [0.25, 0.3) is 0 Å². The Morgan fingerprint density at radius 2 is 2.62 bits per heavy atom. The fourth-order valence-corrected chi connectivity index (χ4v) is 0.977. The van der Waals surface area contributed by atoms with E-state index >= 15 is 0 Å². The first kappa shape index (κ1) is 5.46. The summed E-state index contributed by atoms with van der Waals surface area (Å²) >= 11 is 0. The molecule has 1 aliphatic rings. The maximum absolute atomic E-state index is 8.16. The Labute approximate surface area is 48.8 Å². The highest BCUT2D eigenvalue weighted by molar-refractivity contribution is 8.05. The molecule has 3 N–H and O–H groups in total. The van der Waals surface area contributed by atoms with Crippen LogP contribution in [0.25, 0.3) is 0 Å². The molecule has 0 aromatic carbocycles. The Balaban J connectivity index is 2.88. The zero-order chi connectivity index (χ0) is 5.98. The average Bonchev–Trinajstić information content (AvgIpc) is 2.14. The second-order valence-electron chi connectivity index (χ2n) is 1.15. The maximum atomic E-state index is 8.16. The van der Waals surface area contributed by atoms with E-state index in [1.165, 1.54) is 6.20 Å². The fraction of sp³-hybridized carbons (Fsp3) is 0. The monoisotopic (exact) mass is 131 g/mol. The van der Waals surface area contributed by atoms with E-state index in [1.54, 1.807) is 5.41 Å². The third-order valence-electron chi connectivity index (χ3n) is 0.694. The van der Waals surface area contributed by atoms with Gasteiger partial charge in [0.05, 0.1) is 0 Å². The molecule has 0 spiro atoms. The molecule has 44 valence electrons. The van der Waals surface area contributed by atoms with Crippen LogP contribution < -0.4 is 5.73 Å². The minimum absolute atomic E-state index is 0.368. The Bertz CT molecular complexity index is 183. The van der Waals surface area contributed by atoms with Gasteiger partial charge in [-0.25, -0.2) is 4.99 Å². The predicted octanol–water partition coefficient (Wildman–Crippen LogP) is -0.0230. The third-order valence-corrected chi connectivity index (χ3v) is 1.78. The van der Waals surface area contributed by atoms with E-state index in [1.807, 2.05) is 0 Å². The summed E-state index contributed by atoms with van der Waals surface area (Å²) in [5, 5.41) is 10.2. The molecule has 1 aliphatic heterocycles. The van der Waals surface area contributed by atoms with E-state index in [4.69, 9.17) is 10.9 Å². The molecule has 0 aromatic heterocycles. The molecule has 0 radical (unpaired) electrons. The van der Waals surface area contributed by atoms with Crippen molar-refractivity contribution in [2.45, 2.75) is 0 Å². The lowest BCUT2D eigenvalue weighted by Gasteiger charge is -1.87. The van der Waals surface area contributed by atoms with Gasteiger partial charge >= 0.3 is 0 Å². The van der Waals surface area contributed by atoms with Crippen LogP contribution in [0, 0.1) is 0 Å². The molecular weight excluding hydrogens is 126 g/mol. The van der Waals surface area contributed by atoms with E-state index in [-0.39, 0.29) is 0 Å². The van der Waals surface area contributed by atoms with Crippen LogP contribution in [0.2, 0.25) is 0 Å². The lowest BCUT2D eigenvalue weighted by atomic mass is 11.0. The zero-order valence-corrected chi connectivity index (χ0v) is 4.80. The van der Waals surface area contributed by atoms with Gasteiger partial charge in [0.15, 0.2) is 5.17 Å². The molecule has 1 atom stereocenters. The van der Waals surface area contributed by atoms with Crippen molar-refractivity contribution in [3.8, 4) is 0 Å². The molecule has 4 nitrogen and oxygen atoms in total. The van der Waals surface area contributed by atoms with Crippen LogP contribution in [0.1, 0.15) is 0 Å². The first-order valence-corrected chi connectivity index (χ1v) is 3.17. The third kappa shape index (κ3) is 0.775. The molecular formula is C3H5N3OS. The Morgan fingerprint density at radius 3 is 2.88 bits per heavy atom. The summed E-state index contributed by atoms with van der Waals surface area (Å²) in [4.78, 5) is 3.66. The molecule has 0 saturated heterocycles. The molecule has 0 fully saturated rings. The summed E-state index contributed by atoms with van der Waals surface area (Å²) in [7, 11) is -0.651. The maximum Gasteiger partial charge on any atom is 0.176 e. The number of nitrogens with zero attached hydrogens (tertiary/aromatic N) is 2. The number of aliphatic imine (C=N–C) groups is 1. The van der Waals surface area contributed by atoms with Crippen LogP contribution in [0.5, 0.6) is 0 Å². The number of nitrogens with two attached hydrogens (primary N) is 1. The van der Waals surface area contributed by atoms with Crippen molar-refractivity contribution in [3.05, 3.63) is 11.6 Å². The van der Waals surface area contributed by atoms with E-state index in [2.05, 4.69) is 9.52 Å². The molecule has 0 aromatic rings. The molecule has 0 saturated carbocycles. The van der Waals surface area contributed by atoms with Crippen molar-refractivity contribution >= 4 is 15.9 Å². The molecule has 5 heteroatoms. The molecule has 1 rings (SSSR count). The summed E-state index contributed by atoms with van der Waals surface area (Å²) in [5.74, 6) is 0. The van der Waals surface area contributed by atoms with Gasteiger partial charge in [0.2, 0.25) is 0 Å². The van der Waals surface area contributed by atoms with E-state index in [0.29, 0.717) is 5.17 Å². The van der Waals surface area contributed by atoms with Crippen molar-refractivity contribution in [2.75, 3.05) is 0 Å². The molecule has 1 heterocycles. The molecule has 0 amide bonds. The van der Waals surface area contributed by atoms with Gasteiger partial charge in [-0.1, -0.05) is 0 Å². The zero-order valence-electron chi connectivity index (χ0n) is 3.98. The van der Waals surface area contributed by atoms with Crippen LogP contribution >= 0.6 is 0 Å². The quantitative estimate of drug-likeness (QED) is 0.453. The first-order valence-electron chi connectivity index (χ1n) is 1.93. The van der Waals surface area contributed by atoms with Gasteiger partial charge in [-0.3, -0.25) is 5.21 Å². The summed E-state index contributed by atoms with van der Waals surface area (Å²) < 4.78 is 2.95. The highest BCUT2D eigenvalue weighted by atomic mass is 32.2.